The molecule has 0 fully saturated rings. The normalized spacial score (nSPS) is 11.7. The Labute approximate surface area is 183 Å². The lowest BCUT2D eigenvalue weighted by Gasteiger charge is -2.16. The minimum atomic E-state index is -4.68. The van der Waals surface area contributed by atoms with Crippen molar-refractivity contribution in [3.63, 3.8) is 0 Å². The van der Waals surface area contributed by atoms with Gasteiger partial charge in [0.25, 0.3) is 15.9 Å². The highest BCUT2D eigenvalue weighted by Crippen LogP contribution is 2.34. The molecular formula is C22H19F3N2O4S. The third kappa shape index (κ3) is 5.20. The molecule has 0 bridgehead atoms. The van der Waals surface area contributed by atoms with E-state index in [0.29, 0.717) is 22.9 Å². The average Bonchev–Trinajstić information content (AvgIpc) is 2.75. The zero-order valence-corrected chi connectivity index (χ0v) is 17.8. The summed E-state index contributed by atoms with van der Waals surface area (Å²) in [6.45, 7) is 1.64. The predicted molar refractivity (Wildman–Crippen MR) is 114 cm³/mol. The highest BCUT2D eigenvalue weighted by atomic mass is 32.2. The number of carbonyl (C=O) groups excluding carboxylic acids is 1. The van der Waals surface area contributed by atoms with E-state index in [4.69, 9.17) is 4.74 Å². The molecule has 0 aliphatic heterocycles. The maximum absolute atomic E-state index is 13.0. The van der Waals surface area contributed by atoms with Crippen LogP contribution in [0.4, 0.5) is 24.5 Å². The van der Waals surface area contributed by atoms with Gasteiger partial charge in [-0.3, -0.25) is 9.52 Å². The second-order valence-corrected chi connectivity index (χ2v) is 8.50. The smallest absolute Gasteiger partial charge is 0.416 e. The molecular weight excluding hydrogens is 445 g/mol. The Kier molecular flexibility index (Phi) is 6.45. The van der Waals surface area contributed by atoms with Crippen molar-refractivity contribution in [1.82, 2.24) is 0 Å². The minimum Gasteiger partial charge on any atom is -0.494 e. The quantitative estimate of drug-likeness (QED) is 0.533. The zero-order valence-electron chi connectivity index (χ0n) is 17.0. The monoisotopic (exact) mass is 464 g/mol. The van der Waals surface area contributed by atoms with Gasteiger partial charge < -0.3 is 10.1 Å². The van der Waals surface area contributed by atoms with Gasteiger partial charge in [-0.1, -0.05) is 24.3 Å². The van der Waals surface area contributed by atoms with Crippen molar-refractivity contribution in [2.24, 2.45) is 0 Å². The van der Waals surface area contributed by atoms with Crippen LogP contribution in [0.25, 0.3) is 0 Å². The molecule has 0 heterocycles. The van der Waals surface area contributed by atoms with E-state index in [-0.39, 0.29) is 17.3 Å². The lowest BCUT2D eigenvalue weighted by molar-refractivity contribution is -0.137. The SMILES string of the molecule is COc1cc(NC(=O)c2ccccc2)c(C)cc1NS(=O)(=O)c1cccc(C(F)(F)F)c1. The van der Waals surface area contributed by atoms with Crippen molar-refractivity contribution in [2.75, 3.05) is 17.1 Å². The molecule has 2 N–H and O–H groups in total. The highest BCUT2D eigenvalue weighted by Gasteiger charge is 2.32. The fourth-order valence-electron chi connectivity index (χ4n) is 2.90. The molecule has 168 valence electrons. The van der Waals surface area contributed by atoms with E-state index in [2.05, 4.69) is 10.0 Å². The number of benzene rings is 3. The van der Waals surface area contributed by atoms with Gasteiger partial charge in [0.1, 0.15) is 5.75 Å². The molecule has 3 aromatic rings. The standard InChI is InChI=1S/C22H19F3N2O4S/c1-14-11-19(27-32(29,30)17-10-6-9-16(12-17)22(23,24)25)20(31-2)13-18(14)26-21(28)15-7-4-3-5-8-15/h3-13,27H,1-2H3,(H,26,28). The number of hydrogen-bond donors (Lipinski definition) is 2. The summed E-state index contributed by atoms with van der Waals surface area (Å²) in [6.07, 6.45) is -4.68. The maximum Gasteiger partial charge on any atom is 0.416 e. The van der Waals surface area contributed by atoms with Gasteiger partial charge >= 0.3 is 6.18 Å². The number of alkyl halides is 3. The largest absolute Gasteiger partial charge is 0.494 e. The molecule has 0 spiro atoms. The van der Waals surface area contributed by atoms with Crippen molar-refractivity contribution >= 4 is 27.3 Å². The van der Waals surface area contributed by atoms with Crippen molar-refractivity contribution in [2.45, 2.75) is 18.0 Å². The van der Waals surface area contributed by atoms with Crippen LogP contribution < -0.4 is 14.8 Å². The van der Waals surface area contributed by atoms with E-state index in [1.807, 2.05) is 0 Å². The van der Waals surface area contributed by atoms with Gasteiger partial charge in [-0.05, 0) is 48.9 Å². The molecule has 0 aromatic heterocycles. The molecule has 3 rings (SSSR count). The first-order valence-electron chi connectivity index (χ1n) is 9.26. The summed E-state index contributed by atoms with van der Waals surface area (Å²) in [5, 5.41) is 2.73. The fourth-order valence-corrected chi connectivity index (χ4v) is 4.01. The van der Waals surface area contributed by atoms with Crippen LogP contribution in [0.5, 0.6) is 5.75 Å². The van der Waals surface area contributed by atoms with E-state index < -0.39 is 26.7 Å². The van der Waals surface area contributed by atoms with Crippen LogP contribution in [0, 0.1) is 6.92 Å². The summed E-state index contributed by atoms with van der Waals surface area (Å²) in [5.74, 6) is -0.289. The summed E-state index contributed by atoms with van der Waals surface area (Å²) in [5.41, 5.74) is 0.261. The summed E-state index contributed by atoms with van der Waals surface area (Å²) in [6, 6.07) is 14.7. The van der Waals surface area contributed by atoms with E-state index >= 15 is 0 Å². The first-order chi connectivity index (χ1) is 15.0. The topological polar surface area (TPSA) is 84.5 Å². The maximum atomic E-state index is 13.0. The van der Waals surface area contributed by atoms with Gasteiger partial charge in [-0.2, -0.15) is 13.2 Å². The number of carbonyl (C=O) groups is 1. The summed E-state index contributed by atoms with van der Waals surface area (Å²) < 4.78 is 71.8. The summed E-state index contributed by atoms with van der Waals surface area (Å²) in [4.78, 5) is 11.9. The van der Waals surface area contributed by atoms with Crippen molar-refractivity contribution in [1.29, 1.82) is 0 Å². The molecule has 0 aliphatic carbocycles. The Morgan fingerprint density at radius 1 is 0.938 bits per heavy atom. The number of halogens is 3. The van der Waals surface area contributed by atoms with Gasteiger partial charge in [-0.25, -0.2) is 8.42 Å². The van der Waals surface area contributed by atoms with Crippen LogP contribution in [-0.4, -0.2) is 21.4 Å². The molecule has 3 aromatic carbocycles. The molecule has 0 saturated heterocycles. The molecule has 0 radical (unpaired) electrons. The van der Waals surface area contributed by atoms with Crippen molar-refractivity contribution in [3.8, 4) is 5.75 Å². The van der Waals surface area contributed by atoms with E-state index in [1.165, 1.54) is 19.2 Å². The Hall–Kier alpha value is -3.53. The van der Waals surface area contributed by atoms with Gasteiger partial charge in [0.15, 0.2) is 0 Å². The average molecular weight is 464 g/mol. The number of ether oxygens (including phenoxy) is 1. The molecule has 32 heavy (non-hydrogen) atoms. The minimum absolute atomic E-state index is 0.0140. The van der Waals surface area contributed by atoms with Crippen LogP contribution >= 0.6 is 0 Å². The third-order valence-corrected chi connectivity index (χ3v) is 5.91. The number of methoxy groups -OCH3 is 1. The van der Waals surface area contributed by atoms with E-state index in [1.54, 1.807) is 37.3 Å². The molecule has 0 atom stereocenters. The number of hydrogen-bond acceptors (Lipinski definition) is 4. The summed E-state index contributed by atoms with van der Waals surface area (Å²) >= 11 is 0. The second kappa shape index (κ2) is 8.91. The number of rotatable bonds is 6. The van der Waals surface area contributed by atoms with Gasteiger partial charge in [-0.15, -0.1) is 0 Å². The van der Waals surface area contributed by atoms with Crippen LogP contribution in [0.15, 0.2) is 71.6 Å². The second-order valence-electron chi connectivity index (χ2n) is 6.82. The van der Waals surface area contributed by atoms with Gasteiger partial charge in [0.2, 0.25) is 0 Å². The number of amides is 1. The highest BCUT2D eigenvalue weighted by molar-refractivity contribution is 7.92. The van der Waals surface area contributed by atoms with E-state index in [0.717, 1.165) is 18.2 Å². The first kappa shape index (κ1) is 23.1. The predicted octanol–water partition coefficient (Wildman–Crippen LogP) is 5.08. The van der Waals surface area contributed by atoms with Crippen molar-refractivity contribution in [3.05, 3.63) is 83.4 Å². The Morgan fingerprint density at radius 3 is 2.25 bits per heavy atom. The summed E-state index contributed by atoms with van der Waals surface area (Å²) in [7, 11) is -3.04. The Bertz CT molecular complexity index is 1240. The number of anilines is 2. The lowest BCUT2D eigenvalue weighted by atomic mass is 10.1. The van der Waals surface area contributed by atoms with Crippen LogP contribution in [0.1, 0.15) is 21.5 Å². The molecule has 0 aliphatic rings. The van der Waals surface area contributed by atoms with Crippen LogP contribution in [-0.2, 0) is 16.2 Å². The third-order valence-electron chi connectivity index (χ3n) is 4.55. The molecule has 10 heteroatoms. The van der Waals surface area contributed by atoms with Crippen LogP contribution in [0.3, 0.4) is 0 Å². The molecule has 0 unspecified atom stereocenters. The number of aryl methyl sites for hydroxylation is 1. The Balaban J connectivity index is 1.90. The molecule has 6 nitrogen and oxygen atoms in total. The number of nitrogens with one attached hydrogen (secondary N) is 2. The first-order valence-corrected chi connectivity index (χ1v) is 10.7. The van der Waals surface area contributed by atoms with Crippen LogP contribution in [0.2, 0.25) is 0 Å². The molecule has 0 saturated carbocycles. The van der Waals surface area contributed by atoms with Crippen molar-refractivity contribution < 1.29 is 31.1 Å². The van der Waals surface area contributed by atoms with Gasteiger partial charge in [0, 0.05) is 17.3 Å². The Morgan fingerprint density at radius 2 is 1.62 bits per heavy atom. The fraction of sp³-hybridized carbons (Fsp3) is 0.136. The van der Waals surface area contributed by atoms with Gasteiger partial charge in [0.05, 0.1) is 23.3 Å². The zero-order chi connectivity index (χ0) is 23.5. The molecule has 1 amide bonds. The number of sulfonamides is 1. The lowest BCUT2D eigenvalue weighted by Crippen LogP contribution is -2.16. The van der Waals surface area contributed by atoms with E-state index in [9.17, 15) is 26.4 Å².